The van der Waals surface area contributed by atoms with Crippen molar-refractivity contribution < 1.29 is 23.1 Å². The zero-order chi connectivity index (χ0) is 15.5. The molecule has 1 amide bonds. The number of amides is 1. The van der Waals surface area contributed by atoms with Crippen LogP contribution in [-0.2, 0) is 17.5 Å². The first kappa shape index (κ1) is 15.8. The second-order valence-corrected chi connectivity index (χ2v) is 5.16. The molecule has 0 aliphatic carbocycles. The van der Waals surface area contributed by atoms with Gasteiger partial charge in [-0.15, -0.1) is 0 Å². The summed E-state index contributed by atoms with van der Waals surface area (Å²) in [5, 5.41) is 15.8. The maximum atomic E-state index is 12.4. The van der Waals surface area contributed by atoms with E-state index in [1.54, 1.807) is 0 Å². The lowest BCUT2D eigenvalue weighted by Gasteiger charge is -2.31. The molecule has 2 rings (SSSR count). The first-order valence-electron chi connectivity index (χ1n) is 6.69. The van der Waals surface area contributed by atoms with Gasteiger partial charge in [0.2, 0.25) is 0 Å². The predicted octanol–water partition coefficient (Wildman–Crippen LogP) is 1.44. The summed E-state index contributed by atoms with van der Waals surface area (Å²) in [5.74, 6) is -0.483. The molecule has 1 aliphatic heterocycles. The normalized spacial score (nSPS) is 18.3. The lowest BCUT2D eigenvalue weighted by Crippen LogP contribution is -2.52. The number of nitrogens with one attached hydrogen (secondary N) is 2. The van der Waals surface area contributed by atoms with Crippen LogP contribution in [0.1, 0.15) is 24.0 Å². The van der Waals surface area contributed by atoms with Crippen molar-refractivity contribution >= 4 is 5.91 Å². The summed E-state index contributed by atoms with van der Waals surface area (Å²) in [6.07, 6.45) is -3.72. The van der Waals surface area contributed by atoms with E-state index in [9.17, 15) is 23.1 Å². The van der Waals surface area contributed by atoms with E-state index >= 15 is 0 Å². The van der Waals surface area contributed by atoms with E-state index in [4.69, 9.17) is 0 Å². The maximum absolute atomic E-state index is 12.4. The van der Waals surface area contributed by atoms with Gasteiger partial charge >= 0.3 is 6.18 Å². The number of aliphatic hydroxyl groups is 1. The van der Waals surface area contributed by atoms with Gasteiger partial charge in [0.15, 0.2) is 0 Å². The number of rotatable bonds is 3. The average molecular weight is 302 g/mol. The standard InChI is InChI=1S/C14H17F3N2O2/c15-14(16,17)11-3-1-10(2-4-11)9-19-12(20)13(21)5-7-18-8-6-13/h1-4,18,21H,5-9H2,(H,19,20). The van der Waals surface area contributed by atoms with Crippen LogP contribution in [0.3, 0.4) is 0 Å². The molecule has 1 heterocycles. The number of hydrogen-bond donors (Lipinski definition) is 3. The fourth-order valence-electron chi connectivity index (χ4n) is 2.23. The zero-order valence-corrected chi connectivity index (χ0v) is 11.3. The minimum atomic E-state index is -4.37. The summed E-state index contributed by atoms with van der Waals surface area (Å²) < 4.78 is 37.3. The van der Waals surface area contributed by atoms with Crippen LogP contribution in [-0.4, -0.2) is 29.7 Å². The quantitative estimate of drug-likeness (QED) is 0.792. The summed E-state index contributed by atoms with van der Waals surface area (Å²) in [7, 11) is 0. The number of benzene rings is 1. The van der Waals surface area contributed by atoms with Crippen LogP contribution in [0, 0.1) is 0 Å². The van der Waals surface area contributed by atoms with Crippen LogP contribution < -0.4 is 10.6 Å². The molecule has 1 saturated heterocycles. The molecule has 0 unspecified atom stereocenters. The Bertz CT molecular complexity index is 494. The van der Waals surface area contributed by atoms with Gasteiger partial charge in [0.25, 0.3) is 5.91 Å². The van der Waals surface area contributed by atoms with E-state index in [1.807, 2.05) is 0 Å². The minimum absolute atomic E-state index is 0.0900. The van der Waals surface area contributed by atoms with Crippen molar-refractivity contribution in [3.05, 3.63) is 35.4 Å². The largest absolute Gasteiger partial charge is 0.416 e. The van der Waals surface area contributed by atoms with Gasteiger partial charge in [-0.2, -0.15) is 13.2 Å². The highest BCUT2D eigenvalue weighted by molar-refractivity contribution is 5.85. The van der Waals surface area contributed by atoms with Crippen LogP contribution in [0.4, 0.5) is 13.2 Å². The molecule has 7 heteroatoms. The number of alkyl halides is 3. The monoisotopic (exact) mass is 302 g/mol. The van der Waals surface area contributed by atoms with Gasteiger partial charge in [-0.3, -0.25) is 4.79 Å². The number of halogens is 3. The Morgan fingerprint density at radius 3 is 2.33 bits per heavy atom. The highest BCUT2D eigenvalue weighted by Gasteiger charge is 2.36. The van der Waals surface area contributed by atoms with Crippen LogP contribution in [0.2, 0.25) is 0 Å². The molecular weight excluding hydrogens is 285 g/mol. The molecule has 1 aromatic rings. The van der Waals surface area contributed by atoms with Crippen molar-refractivity contribution in [1.29, 1.82) is 0 Å². The molecule has 1 aliphatic rings. The van der Waals surface area contributed by atoms with Crippen molar-refractivity contribution in [2.45, 2.75) is 31.2 Å². The van der Waals surface area contributed by atoms with Crippen LogP contribution in [0.15, 0.2) is 24.3 Å². The number of piperidine rings is 1. The molecule has 3 N–H and O–H groups in total. The van der Waals surface area contributed by atoms with Gasteiger partial charge in [0.05, 0.1) is 5.56 Å². The van der Waals surface area contributed by atoms with Crippen molar-refractivity contribution in [1.82, 2.24) is 10.6 Å². The Morgan fingerprint density at radius 1 is 1.24 bits per heavy atom. The molecule has 0 atom stereocenters. The van der Waals surface area contributed by atoms with E-state index in [2.05, 4.69) is 10.6 Å². The van der Waals surface area contributed by atoms with Crippen molar-refractivity contribution in [3.8, 4) is 0 Å². The van der Waals surface area contributed by atoms with Crippen molar-refractivity contribution in [3.63, 3.8) is 0 Å². The first-order valence-corrected chi connectivity index (χ1v) is 6.69. The number of hydrogen-bond acceptors (Lipinski definition) is 3. The predicted molar refractivity (Wildman–Crippen MR) is 70.3 cm³/mol. The van der Waals surface area contributed by atoms with Gasteiger partial charge in [0, 0.05) is 6.54 Å². The molecule has 0 saturated carbocycles. The zero-order valence-electron chi connectivity index (χ0n) is 11.3. The summed E-state index contributed by atoms with van der Waals surface area (Å²) >= 11 is 0. The topological polar surface area (TPSA) is 61.4 Å². The molecule has 4 nitrogen and oxygen atoms in total. The maximum Gasteiger partial charge on any atom is 0.416 e. The second kappa shape index (κ2) is 6.03. The van der Waals surface area contributed by atoms with Gasteiger partial charge in [-0.1, -0.05) is 12.1 Å². The molecule has 1 fully saturated rings. The molecular formula is C14H17F3N2O2. The van der Waals surface area contributed by atoms with Gasteiger partial charge in [-0.05, 0) is 43.6 Å². The minimum Gasteiger partial charge on any atom is -0.380 e. The Kier molecular flexibility index (Phi) is 4.53. The van der Waals surface area contributed by atoms with Crippen LogP contribution >= 0.6 is 0 Å². The summed E-state index contributed by atoms with van der Waals surface area (Å²) in [4.78, 5) is 12.0. The third-order valence-electron chi connectivity index (χ3n) is 3.59. The Morgan fingerprint density at radius 2 is 1.81 bits per heavy atom. The number of carbonyl (C=O) groups is 1. The molecule has 1 aromatic carbocycles. The van der Waals surface area contributed by atoms with E-state index in [1.165, 1.54) is 12.1 Å². The molecule has 0 radical (unpaired) electrons. The van der Waals surface area contributed by atoms with E-state index in [0.29, 0.717) is 31.5 Å². The van der Waals surface area contributed by atoms with Crippen LogP contribution in [0.5, 0.6) is 0 Å². The van der Waals surface area contributed by atoms with Gasteiger partial charge in [0.1, 0.15) is 5.60 Å². The number of carbonyl (C=O) groups excluding carboxylic acids is 1. The SMILES string of the molecule is O=C(NCc1ccc(C(F)(F)F)cc1)C1(O)CCNCC1. The third-order valence-corrected chi connectivity index (χ3v) is 3.59. The summed E-state index contributed by atoms with van der Waals surface area (Å²) in [6.45, 7) is 1.21. The van der Waals surface area contributed by atoms with Crippen LogP contribution in [0.25, 0.3) is 0 Å². The molecule has 0 spiro atoms. The second-order valence-electron chi connectivity index (χ2n) is 5.16. The van der Waals surface area contributed by atoms with Crippen molar-refractivity contribution in [2.75, 3.05) is 13.1 Å². The van der Waals surface area contributed by atoms with E-state index in [0.717, 1.165) is 12.1 Å². The fourth-order valence-corrected chi connectivity index (χ4v) is 2.23. The van der Waals surface area contributed by atoms with E-state index < -0.39 is 23.2 Å². The lowest BCUT2D eigenvalue weighted by atomic mass is 9.91. The highest BCUT2D eigenvalue weighted by Crippen LogP contribution is 2.29. The Balaban J connectivity index is 1.92. The lowest BCUT2D eigenvalue weighted by molar-refractivity contribution is -0.142. The first-order chi connectivity index (χ1) is 9.81. The Hall–Kier alpha value is -1.60. The highest BCUT2D eigenvalue weighted by atomic mass is 19.4. The third kappa shape index (κ3) is 3.95. The Labute approximate surface area is 120 Å². The molecule has 21 heavy (non-hydrogen) atoms. The molecule has 0 aromatic heterocycles. The fraction of sp³-hybridized carbons (Fsp3) is 0.500. The molecule has 116 valence electrons. The van der Waals surface area contributed by atoms with E-state index in [-0.39, 0.29) is 6.54 Å². The summed E-state index contributed by atoms with van der Waals surface area (Å²) in [5.41, 5.74) is -1.57. The average Bonchev–Trinajstić information content (AvgIpc) is 2.45. The van der Waals surface area contributed by atoms with Crippen molar-refractivity contribution in [2.24, 2.45) is 0 Å². The molecule has 0 bridgehead atoms. The van der Waals surface area contributed by atoms with Gasteiger partial charge in [-0.25, -0.2) is 0 Å². The smallest absolute Gasteiger partial charge is 0.380 e. The summed E-state index contributed by atoms with van der Waals surface area (Å²) in [6, 6.07) is 4.58. The van der Waals surface area contributed by atoms with Gasteiger partial charge < -0.3 is 15.7 Å².